The van der Waals surface area contributed by atoms with E-state index in [1.54, 1.807) is 31.4 Å². The van der Waals surface area contributed by atoms with Crippen LogP contribution in [-0.4, -0.2) is 42.6 Å². The van der Waals surface area contributed by atoms with Crippen LogP contribution < -0.4 is 4.74 Å². The maximum atomic E-state index is 12.5. The van der Waals surface area contributed by atoms with E-state index >= 15 is 0 Å². The highest BCUT2D eigenvalue weighted by atomic mass is 16.5. The number of aliphatic imine (C=N–C) groups is 1. The summed E-state index contributed by atoms with van der Waals surface area (Å²) in [5, 5.41) is 0. The Hall–Kier alpha value is -2.95. The lowest BCUT2D eigenvalue weighted by Gasteiger charge is -2.20. The van der Waals surface area contributed by atoms with Crippen molar-refractivity contribution in [1.29, 1.82) is 0 Å². The van der Waals surface area contributed by atoms with E-state index in [0.717, 1.165) is 30.0 Å². The number of carbonyl (C=O) groups is 2. The molecule has 2 heterocycles. The van der Waals surface area contributed by atoms with Gasteiger partial charge in [-0.05, 0) is 47.9 Å². The average molecular weight is 334 g/mol. The van der Waals surface area contributed by atoms with Crippen molar-refractivity contribution in [3.05, 3.63) is 64.7 Å². The molecular formula is C20H18N2O3. The minimum Gasteiger partial charge on any atom is -0.497 e. The van der Waals surface area contributed by atoms with Gasteiger partial charge in [0.25, 0.3) is 11.8 Å². The molecule has 0 N–H and O–H groups in total. The third-order valence-electron chi connectivity index (χ3n) is 4.76. The molecule has 0 bridgehead atoms. The molecule has 0 spiro atoms. The summed E-state index contributed by atoms with van der Waals surface area (Å²) < 4.78 is 5.28. The Balaban J connectivity index is 1.53. The van der Waals surface area contributed by atoms with E-state index in [1.165, 1.54) is 10.5 Å². The number of amides is 2. The quantitative estimate of drug-likeness (QED) is 0.808. The normalized spacial score (nSPS) is 15.7. The lowest BCUT2D eigenvalue weighted by Crippen LogP contribution is -2.32. The zero-order valence-corrected chi connectivity index (χ0v) is 14.0. The minimum atomic E-state index is -0.216. The molecule has 5 heteroatoms. The first kappa shape index (κ1) is 15.6. The monoisotopic (exact) mass is 334 g/mol. The van der Waals surface area contributed by atoms with Gasteiger partial charge in [0, 0.05) is 25.2 Å². The summed E-state index contributed by atoms with van der Waals surface area (Å²) >= 11 is 0. The van der Waals surface area contributed by atoms with Gasteiger partial charge in [0.2, 0.25) is 0 Å². The molecule has 4 rings (SSSR count). The number of rotatable bonds is 4. The fraction of sp³-hybridized carbons (Fsp3) is 0.250. The maximum absolute atomic E-state index is 12.5. The minimum absolute atomic E-state index is 0.216. The number of hydrogen-bond donors (Lipinski definition) is 0. The molecule has 0 fully saturated rings. The van der Waals surface area contributed by atoms with Crippen LogP contribution in [0.2, 0.25) is 0 Å². The number of nitrogens with zero attached hydrogens (tertiary/aromatic N) is 2. The number of fused-ring (bicyclic) bond motifs is 2. The van der Waals surface area contributed by atoms with Crippen LogP contribution in [0.15, 0.2) is 47.5 Å². The van der Waals surface area contributed by atoms with Crippen molar-refractivity contribution >= 4 is 17.5 Å². The Morgan fingerprint density at radius 3 is 2.44 bits per heavy atom. The zero-order valence-electron chi connectivity index (χ0n) is 14.0. The molecular weight excluding hydrogens is 316 g/mol. The molecule has 0 atom stereocenters. The molecule has 0 unspecified atom stereocenters. The summed E-state index contributed by atoms with van der Waals surface area (Å²) in [6.45, 7) is 1.06. The van der Waals surface area contributed by atoms with E-state index in [-0.39, 0.29) is 11.8 Å². The Morgan fingerprint density at radius 2 is 1.76 bits per heavy atom. The van der Waals surface area contributed by atoms with E-state index in [9.17, 15) is 9.59 Å². The van der Waals surface area contributed by atoms with Crippen molar-refractivity contribution in [2.24, 2.45) is 4.99 Å². The van der Waals surface area contributed by atoms with Gasteiger partial charge in [-0.3, -0.25) is 19.5 Å². The van der Waals surface area contributed by atoms with Gasteiger partial charge in [0.1, 0.15) is 5.75 Å². The van der Waals surface area contributed by atoms with Crippen molar-refractivity contribution in [3.8, 4) is 5.75 Å². The van der Waals surface area contributed by atoms with Gasteiger partial charge in [-0.15, -0.1) is 0 Å². The van der Waals surface area contributed by atoms with Crippen LogP contribution in [0, 0.1) is 0 Å². The van der Waals surface area contributed by atoms with Crippen LogP contribution in [0.1, 0.15) is 38.3 Å². The van der Waals surface area contributed by atoms with Crippen LogP contribution >= 0.6 is 0 Å². The lowest BCUT2D eigenvalue weighted by molar-refractivity contribution is 0.0658. The first-order valence-electron chi connectivity index (χ1n) is 8.35. The van der Waals surface area contributed by atoms with Crippen LogP contribution in [0.25, 0.3) is 0 Å². The van der Waals surface area contributed by atoms with Crippen LogP contribution in [0.3, 0.4) is 0 Å². The molecule has 5 nitrogen and oxygen atoms in total. The van der Waals surface area contributed by atoms with Gasteiger partial charge in [-0.2, -0.15) is 0 Å². The van der Waals surface area contributed by atoms with E-state index in [4.69, 9.17) is 4.74 Å². The van der Waals surface area contributed by atoms with Crippen molar-refractivity contribution in [1.82, 2.24) is 4.90 Å². The summed E-state index contributed by atoms with van der Waals surface area (Å²) in [7, 11) is 1.65. The third-order valence-corrected chi connectivity index (χ3v) is 4.76. The lowest BCUT2D eigenvalue weighted by atomic mass is 9.95. The van der Waals surface area contributed by atoms with E-state index in [0.29, 0.717) is 24.1 Å². The van der Waals surface area contributed by atoms with E-state index in [1.807, 2.05) is 18.2 Å². The van der Waals surface area contributed by atoms with Crippen molar-refractivity contribution in [2.45, 2.75) is 12.8 Å². The fourth-order valence-electron chi connectivity index (χ4n) is 3.46. The van der Waals surface area contributed by atoms with Crippen molar-refractivity contribution in [3.63, 3.8) is 0 Å². The first-order chi connectivity index (χ1) is 12.2. The molecule has 2 aliphatic heterocycles. The summed E-state index contributed by atoms with van der Waals surface area (Å²) in [6, 6.07) is 12.9. The molecule has 2 aromatic rings. The van der Waals surface area contributed by atoms with Gasteiger partial charge in [-0.1, -0.05) is 12.1 Å². The highest BCUT2D eigenvalue weighted by molar-refractivity contribution is 6.21. The zero-order chi connectivity index (χ0) is 17.4. The molecule has 2 aromatic carbocycles. The van der Waals surface area contributed by atoms with Gasteiger partial charge < -0.3 is 4.74 Å². The molecule has 0 aliphatic carbocycles. The highest BCUT2D eigenvalue weighted by Crippen LogP contribution is 2.25. The van der Waals surface area contributed by atoms with Gasteiger partial charge in [0.15, 0.2) is 0 Å². The number of hydrogen-bond acceptors (Lipinski definition) is 4. The highest BCUT2D eigenvalue weighted by Gasteiger charge is 2.35. The fourth-order valence-corrected chi connectivity index (χ4v) is 3.46. The predicted octanol–water partition coefficient (Wildman–Crippen LogP) is 2.73. The molecule has 2 aliphatic rings. The first-order valence-corrected chi connectivity index (χ1v) is 8.35. The second kappa shape index (κ2) is 6.16. The summed E-state index contributed by atoms with van der Waals surface area (Å²) in [5.74, 6) is 0.402. The smallest absolute Gasteiger partial charge is 0.261 e. The summed E-state index contributed by atoms with van der Waals surface area (Å²) in [5.41, 5.74) is 4.21. The molecule has 0 aromatic heterocycles. The largest absolute Gasteiger partial charge is 0.497 e. The Morgan fingerprint density at radius 1 is 1.04 bits per heavy atom. The molecule has 0 saturated heterocycles. The van der Waals surface area contributed by atoms with Gasteiger partial charge in [-0.25, -0.2) is 0 Å². The van der Waals surface area contributed by atoms with Gasteiger partial charge in [0.05, 0.1) is 18.2 Å². The number of carbonyl (C=O) groups excluding carboxylic acids is 2. The molecule has 0 radical (unpaired) electrons. The standard InChI is InChI=1S/C20H18N2O3/c1-25-14-6-7-15-13(12-14)8-10-21-18(15)9-11-22-19(23)16-4-2-3-5-17(16)20(22)24/h2-7,12H,8-11H2,1H3. The molecule has 126 valence electrons. The molecule has 2 amide bonds. The Bertz CT molecular complexity index is 867. The Labute approximate surface area is 145 Å². The maximum Gasteiger partial charge on any atom is 0.261 e. The predicted molar refractivity (Wildman–Crippen MR) is 94.5 cm³/mol. The van der Waals surface area contributed by atoms with Crippen LogP contribution in [-0.2, 0) is 6.42 Å². The summed E-state index contributed by atoms with van der Waals surface area (Å²) in [4.78, 5) is 30.9. The van der Waals surface area contributed by atoms with E-state index < -0.39 is 0 Å². The van der Waals surface area contributed by atoms with Gasteiger partial charge >= 0.3 is 0 Å². The Kier molecular flexibility index (Phi) is 3.84. The SMILES string of the molecule is COc1ccc2c(c1)CCN=C2CCN1C(=O)c2ccccc2C1=O. The number of benzene rings is 2. The third kappa shape index (κ3) is 2.61. The number of ether oxygens (including phenoxy) is 1. The van der Waals surface area contributed by atoms with Crippen molar-refractivity contribution in [2.75, 3.05) is 20.2 Å². The number of methoxy groups -OCH3 is 1. The summed E-state index contributed by atoms with van der Waals surface area (Å²) in [6.07, 6.45) is 1.44. The second-order valence-electron chi connectivity index (χ2n) is 6.16. The van der Waals surface area contributed by atoms with Crippen LogP contribution in [0.5, 0.6) is 5.75 Å². The number of imide groups is 1. The van der Waals surface area contributed by atoms with E-state index in [2.05, 4.69) is 4.99 Å². The average Bonchev–Trinajstić information content (AvgIpc) is 2.90. The van der Waals surface area contributed by atoms with Crippen LogP contribution in [0.4, 0.5) is 0 Å². The topological polar surface area (TPSA) is 59.0 Å². The molecule has 0 saturated carbocycles. The second-order valence-corrected chi connectivity index (χ2v) is 6.16. The molecule has 25 heavy (non-hydrogen) atoms. The van der Waals surface area contributed by atoms with Crippen molar-refractivity contribution < 1.29 is 14.3 Å².